The van der Waals surface area contributed by atoms with Crippen molar-refractivity contribution < 1.29 is 14.3 Å². The van der Waals surface area contributed by atoms with Crippen LogP contribution in [0.3, 0.4) is 0 Å². The van der Waals surface area contributed by atoms with Gasteiger partial charge < -0.3 is 19.9 Å². The number of amides is 2. The van der Waals surface area contributed by atoms with E-state index in [1.54, 1.807) is 11.1 Å². The minimum Gasteiger partial charge on any atom is -0.447 e. The summed E-state index contributed by atoms with van der Waals surface area (Å²) in [5.74, 6) is 1.54. The van der Waals surface area contributed by atoms with Crippen LogP contribution < -0.4 is 5.32 Å². The van der Waals surface area contributed by atoms with Crippen LogP contribution in [-0.2, 0) is 4.74 Å². The summed E-state index contributed by atoms with van der Waals surface area (Å²) in [6.07, 6.45) is 5.18. The quantitative estimate of drug-likeness (QED) is 0.856. The number of hydrogen-bond acceptors (Lipinski definition) is 5. The van der Waals surface area contributed by atoms with Gasteiger partial charge in [-0.1, -0.05) is 6.92 Å². The Morgan fingerprint density at radius 2 is 1.71 bits per heavy atom. The zero-order valence-electron chi connectivity index (χ0n) is 17.2. The number of pyridine rings is 1. The van der Waals surface area contributed by atoms with Crippen molar-refractivity contribution in [1.82, 2.24) is 14.8 Å². The molecule has 2 saturated heterocycles. The molecule has 2 fully saturated rings. The Kier molecular flexibility index (Phi) is 6.75. The lowest BCUT2D eigenvalue weighted by Gasteiger charge is -2.32. The van der Waals surface area contributed by atoms with Crippen LogP contribution in [0.2, 0.25) is 0 Å². The summed E-state index contributed by atoms with van der Waals surface area (Å²) in [5.41, 5.74) is 0.645. The first-order valence-corrected chi connectivity index (χ1v) is 10.4. The van der Waals surface area contributed by atoms with Gasteiger partial charge in [-0.2, -0.15) is 0 Å². The zero-order valence-corrected chi connectivity index (χ0v) is 17.2. The summed E-state index contributed by atoms with van der Waals surface area (Å²) >= 11 is 0. The largest absolute Gasteiger partial charge is 0.447 e. The third-order valence-electron chi connectivity index (χ3n) is 5.52. The Hall–Kier alpha value is -2.31. The fourth-order valence-electron chi connectivity index (χ4n) is 3.69. The second kappa shape index (κ2) is 9.26. The molecule has 28 heavy (non-hydrogen) atoms. The van der Waals surface area contributed by atoms with Gasteiger partial charge in [-0.05, 0) is 57.6 Å². The molecule has 7 heteroatoms. The highest BCUT2D eigenvalue weighted by Gasteiger charge is 2.25. The van der Waals surface area contributed by atoms with E-state index in [1.807, 2.05) is 30.9 Å². The Morgan fingerprint density at radius 1 is 1.07 bits per heavy atom. The predicted molar refractivity (Wildman–Crippen MR) is 108 cm³/mol. The van der Waals surface area contributed by atoms with E-state index < -0.39 is 0 Å². The highest BCUT2D eigenvalue weighted by Crippen LogP contribution is 2.20. The number of nitrogens with zero attached hydrogens (tertiary/aromatic N) is 3. The first-order valence-electron chi connectivity index (χ1n) is 10.4. The molecular formula is C21H32N4O3. The van der Waals surface area contributed by atoms with Crippen LogP contribution in [-0.4, -0.2) is 65.1 Å². The third kappa shape index (κ3) is 5.36. The molecule has 0 saturated carbocycles. The number of ether oxygens (including phenoxy) is 1. The number of likely N-dealkylation sites (tertiary alicyclic amines) is 2. The number of rotatable bonds is 4. The Bertz CT molecular complexity index is 661. The maximum Gasteiger partial charge on any atom is 0.410 e. The lowest BCUT2D eigenvalue weighted by molar-refractivity contribution is 0.0691. The van der Waals surface area contributed by atoms with Crippen molar-refractivity contribution in [2.45, 2.75) is 58.6 Å². The summed E-state index contributed by atoms with van der Waals surface area (Å²) < 4.78 is 5.25. The summed E-state index contributed by atoms with van der Waals surface area (Å²) in [7, 11) is 0. The van der Waals surface area contributed by atoms with Gasteiger partial charge in [0.2, 0.25) is 0 Å². The lowest BCUT2D eigenvalue weighted by atomic mass is 9.99. The van der Waals surface area contributed by atoms with E-state index in [1.165, 1.54) is 0 Å². The van der Waals surface area contributed by atoms with Gasteiger partial charge in [0.05, 0.1) is 11.7 Å². The molecule has 154 valence electrons. The van der Waals surface area contributed by atoms with Crippen LogP contribution in [0, 0.1) is 5.92 Å². The monoisotopic (exact) mass is 388 g/mol. The fraction of sp³-hybridized carbons (Fsp3) is 0.667. The summed E-state index contributed by atoms with van der Waals surface area (Å²) in [5, 5.41) is 3.42. The van der Waals surface area contributed by atoms with Crippen LogP contribution in [0.1, 0.15) is 56.8 Å². The van der Waals surface area contributed by atoms with E-state index in [0.717, 1.165) is 44.6 Å². The number of piperidine rings is 2. The molecule has 0 aromatic carbocycles. The van der Waals surface area contributed by atoms with Crippen molar-refractivity contribution in [3.05, 3.63) is 23.9 Å². The Balaban J connectivity index is 1.47. The standard InChI is InChI=1S/C21H32N4O3/c1-15(2)28-21(27)25-12-8-18(9-13-25)23-19-5-4-17(14-22-19)20(26)24-10-6-16(3)7-11-24/h4-5,14-16,18H,6-13H2,1-3H3,(H,22,23). The van der Waals surface area contributed by atoms with Gasteiger partial charge in [-0.3, -0.25) is 4.79 Å². The molecule has 0 unspecified atom stereocenters. The van der Waals surface area contributed by atoms with E-state index in [9.17, 15) is 9.59 Å². The minimum atomic E-state index is -0.235. The first kappa shape index (κ1) is 20.4. The molecule has 3 rings (SSSR count). The smallest absolute Gasteiger partial charge is 0.410 e. The van der Waals surface area contributed by atoms with Gasteiger partial charge >= 0.3 is 6.09 Å². The molecule has 1 aromatic heterocycles. The maximum atomic E-state index is 12.6. The van der Waals surface area contributed by atoms with Crippen LogP contribution >= 0.6 is 0 Å². The molecular weight excluding hydrogens is 356 g/mol. The van der Waals surface area contributed by atoms with Gasteiger partial charge in [0.25, 0.3) is 5.91 Å². The molecule has 1 N–H and O–H groups in total. The van der Waals surface area contributed by atoms with Crippen LogP contribution in [0.25, 0.3) is 0 Å². The molecule has 0 bridgehead atoms. The number of hydrogen-bond donors (Lipinski definition) is 1. The molecule has 0 aliphatic carbocycles. The normalized spacial score (nSPS) is 19.0. The summed E-state index contributed by atoms with van der Waals surface area (Å²) in [6, 6.07) is 3.99. The lowest BCUT2D eigenvalue weighted by Crippen LogP contribution is -2.43. The Labute approximate surface area is 167 Å². The third-order valence-corrected chi connectivity index (χ3v) is 5.52. The molecule has 0 radical (unpaired) electrons. The van der Waals surface area contributed by atoms with E-state index in [2.05, 4.69) is 17.2 Å². The van der Waals surface area contributed by atoms with E-state index >= 15 is 0 Å². The molecule has 7 nitrogen and oxygen atoms in total. The van der Waals surface area contributed by atoms with Crippen LogP contribution in [0.4, 0.5) is 10.6 Å². The van der Waals surface area contributed by atoms with Gasteiger partial charge in [0, 0.05) is 38.4 Å². The summed E-state index contributed by atoms with van der Waals surface area (Å²) in [6.45, 7) is 8.97. The van der Waals surface area contributed by atoms with E-state index in [0.29, 0.717) is 24.6 Å². The zero-order chi connectivity index (χ0) is 20.1. The van der Waals surface area contributed by atoms with Gasteiger partial charge in [-0.15, -0.1) is 0 Å². The SMILES string of the molecule is CC1CCN(C(=O)c2ccc(NC3CCN(C(=O)OC(C)C)CC3)nc2)CC1. The fourth-order valence-corrected chi connectivity index (χ4v) is 3.69. The van der Waals surface area contributed by atoms with Crippen molar-refractivity contribution in [2.24, 2.45) is 5.92 Å². The molecule has 2 amide bonds. The highest BCUT2D eigenvalue weighted by atomic mass is 16.6. The summed E-state index contributed by atoms with van der Waals surface area (Å²) in [4.78, 5) is 32.7. The highest BCUT2D eigenvalue weighted by molar-refractivity contribution is 5.94. The van der Waals surface area contributed by atoms with Crippen molar-refractivity contribution in [3.63, 3.8) is 0 Å². The van der Waals surface area contributed by atoms with Gasteiger partial charge in [-0.25, -0.2) is 9.78 Å². The maximum absolute atomic E-state index is 12.6. The molecule has 1 aromatic rings. The molecule has 3 heterocycles. The van der Waals surface area contributed by atoms with Crippen molar-refractivity contribution >= 4 is 17.8 Å². The topological polar surface area (TPSA) is 74.8 Å². The second-order valence-corrected chi connectivity index (χ2v) is 8.25. The van der Waals surface area contributed by atoms with Crippen LogP contribution in [0.15, 0.2) is 18.3 Å². The average Bonchev–Trinajstić information content (AvgIpc) is 2.69. The second-order valence-electron chi connectivity index (χ2n) is 8.25. The molecule has 2 aliphatic heterocycles. The number of carbonyl (C=O) groups is 2. The van der Waals surface area contributed by atoms with Gasteiger partial charge in [0.1, 0.15) is 5.82 Å². The predicted octanol–water partition coefficient (Wildman–Crippen LogP) is 3.38. The van der Waals surface area contributed by atoms with Crippen molar-refractivity contribution in [2.75, 3.05) is 31.5 Å². The Morgan fingerprint density at radius 3 is 2.29 bits per heavy atom. The van der Waals surface area contributed by atoms with Crippen molar-refractivity contribution in [3.8, 4) is 0 Å². The molecule has 2 aliphatic rings. The van der Waals surface area contributed by atoms with Gasteiger partial charge in [0.15, 0.2) is 0 Å². The number of aromatic nitrogens is 1. The van der Waals surface area contributed by atoms with E-state index in [4.69, 9.17) is 4.74 Å². The van der Waals surface area contributed by atoms with Crippen LogP contribution in [0.5, 0.6) is 0 Å². The first-order chi connectivity index (χ1) is 13.4. The van der Waals surface area contributed by atoms with Crippen molar-refractivity contribution in [1.29, 1.82) is 0 Å². The minimum absolute atomic E-state index is 0.0722. The average molecular weight is 389 g/mol. The van der Waals surface area contributed by atoms with E-state index in [-0.39, 0.29) is 24.1 Å². The molecule has 0 spiro atoms. The number of carbonyl (C=O) groups excluding carboxylic acids is 2. The number of nitrogens with one attached hydrogen (secondary N) is 1. The number of anilines is 1. The molecule has 0 atom stereocenters.